The van der Waals surface area contributed by atoms with Gasteiger partial charge in [-0.25, -0.2) is 70.1 Å². The smallest absolute Gasteiger partial charge is 0.870 e. The second-order valence-electron chi connectivity index (χ2n) is 26.4. The number of hydrogen-bond acceptors (Lipinski definition) is 26. The first-order valence-corrected chi connectivity index (χ1v) is 38.0. The van der Waals surface area contributed by atoms with Crippen LogP contribution in [0.15, 0.2) is 69.7 Å². The minimum Gasteiger partial charge on any atom is -0.870 e. The molecular weight excluding hydrogens is 1350 g/mol. The summed E-state index contributed by atoms with van der Waals surface area (Å²) < 4.78 is 85.4. The van der Waals surface area contributed by atoms with Gasteiger partial charge in [0.2, 0.25) is 17.8 Å². The van der Waals surface area contributed by atoms with Gasteiger partial charge in [0.05, 0.1) is 113 Å². The predicted molar refractivity (Wildman–Crippen MR) is 373 cm³/mol. The van der Waals surface area contributed by atoms with Crippen molar-refractivity contribution in [2.24, 2.45) is 17.8 Å². The van der Waals surface area contributed by atoms with Crippen molar-refractivity contribution in [2.75, 3.05) is 53.1 Å². The summed E-state index contributed by atoms with van der Waals surface area (Å²) in [6.07, 6.45) is 8.13. The Labute approximate surface area is 598 Å². The molecule has 0 bridgehead atoms. The molecule has 0 fully saturated rings. The average Bonchev–Trinajstić information content (AvgIpc) is 1.62. The summed E-state index contributed by atoms with van der Waals surface area (Å²) in [4.78, 5) is 95.1. The zero-order valence-corrected chi connectivity index (χ0v) is 62.2. The maximum Gasteiger partial charge on any atom is 1.00 e. The zero-order chi connectivity index (χ0) is 72.4. The van der Waals surface area contributed by atoms with Gasteiger partial charge in [-0.15, -0.1) is 0 Å². The molecule has 6 aromatic heterocycles. The minimum atomic E-state index is -3.57. The number of fused-ring (bicyclic) bond motifs is 9. The number of ether oxygens (including phenoxy) is 1. The number of aryl methyl sites for hydroxylation is 3. The first-order chi connectivity index (χ1) is 46.4. The number of aromatic nitrogens is 12. The van der Waals surface area contributed by atoms with Crippen LogP contribution in [0.5, 0.6) is 0 Å². The number of nitrogens with zero attached hydrogens (tertiary/aromatic N) is 15. The van der Waals surface area contributed by atoms with E-state index in [-0.39, 0.29) is 112 Å². The second kappa shape index (κ2) is 30.2. The Bertz CT molecular complexity index is 4910. The maximum atomic E-state index is 12.5. The number of sulfone groups is 3. The normalized spacial score (nSPS) is 16.0. The third-order valence-electron chi connectivity index (χ3n) is 18.0. The zero-order valence-electron chi connectivity index (χ0n) is 59.8. The molecule has 12 rings (SSSR count). The van der Waals surface area contributed by atoms with Crippen molar-refractivity contribution in [1.82, 2.24) is 58.6 Å². The summed E-state index contributed by atoms with van der Waals surface area (Å²) in [5.74, 6) is 3.72. The number of carbonyl (C=O) groups is 4. The van der Waals surface area contributed by atoms with E-state index in [1.165, 1.54) is 27.7 Å². The number of carbonyl (C=O) groups excluding carboxylic acids is 4. The molecule has 9 heterocycles. The van der Waals surface area contributed by atoms with Crippen molar-refractivity contribution in [2.45, 2.75) is 162 Å². The van der Waals surface area contributed by atoms with Crippen LogP contribution in [0.2, 0.25) is 0 Å². The van der Waals surface area contributed by atoms with Crippen LogP contribution in [0.4, 0.5) is 17.8 Å². The molecule has 0 saturated carbocycles. The molecule has 3 aliphatic rings. The van der Waals surface area contributed by atoms with Crippen LogP contribution in [0.1, 0.15) is 170 Å². The van der Waals surface area contributed by atoms with Gasteiger partial charge >= 0.3 is 24.8 Å². The molecule has 3 aromatic carbocycles. The summed E-state index contributed by atoms with van der Waals surface area (Å²) in [6, 6.07) is 9.39. The van der Waals surface area contributed by atoms with E-state index in [1.54, 1.807) is 75.8 Å². The standard InChI is InChI=1S/C24H29N5O5S.2C22H27N5O4S.Li.H2O/c1-13(2)22-23-27-19-9-17(12-34-16(5)31)21(35(6,32)33)10-20(19)28(23)7-8-29(22)24-25-11-18(15(4)30)14(3)26-24;2*1-12(2)20-21-25-17-8-15(11-28)19(32(5,30)31)9-18(17)26(21)6-7-27(20)22-23-10-16(14(4)29)13(3)24-22;;/h9-11,13,22H,7-8,12H2,1-6H3;2*8-10,12,20,28H,6-7,11H2,1-5H3;;1H2/q;;;+1;/p-1/t22-;2*20-;;/m110../s1. The van der Waals surface area contributed by atoms with Crippen molar-refractivity contribution >= 4 is 104 Å². The number of esters is 1. The predicted octanol–water partition coefficient (Wildman–Crippen LogP) is 4.75. The van der Waals surface area contributed by atoms with Crippen LogP contribution >= 0.6 is 0 Å². The molecule has 3 atom stereocenters. The summed E-state index contributed by atoms with van der Waals surface area (Å²) in [7, 11) is -10.6. The number of rotatable bonds is 16. The van der Waals surface area contributed by atoms with E-state index in [4.69, 9.17) is 19.7 Å². The van der Waals surface area contributed by atoms with E-state index in [2.05, 4.69) is 86.1 Å². The minimum absolute atomic E-state index is 0. The number of aliphatic hydroxyl groups excluding tert-OH is 2. The molecular formula is C68H84LiN15O14S3. The van der Waals surface area contributed by atoms with Crippen LogP contribution in [0, 0.1) is 38.5 Å². The van der Waals surface area contributed by atoms with Crippen LogP contribution in [-0.4, -0.2) is 161 Å². The molecule has 0 aliphatic carbocycles. The molecule has 9 aromatic rings. The van der Waals surface area contributed by atoms with Gasteiger partial charge in [0, 0.05) is 89.1 Å². The Balaban J connectivity index is 0.000000191. The number of hydrogen-bond donors (Lipinski definition) is 2. The van der Waals surface area contributed by atoms with E-state index in [0.717, 1.165) is 47.3 Å². The largest absolute Gasteiger partial charge is 1.00 e. The Morgan fingerprint density at radius 2 is 0.723 bits per heavy atom. The van der Waals surface area contributed by atoms with Gasteiger partial charge in [-0.3, -0.25) is 19.2 Å². The van der Waals surface area contributed by atoms with Gasteiger partial charge in [0.25, 0.3) is 0 Å². The molecule has 534 valence electrons. The molecule has 0 amide bonds. The monoisotopic (exact) mass is 1440 g/mol. The van der Waals surface area contributed by atoms with Gasteiger partial charge in [0.1, 0.15) is 24.1 Å². The quantitative estimate of drug-likeness (QED) is 0.0748. The van der Waals surface area contributed by atoms with Crippen molar-refractivity contribution in [3.8, 4) is 0 Å². The summed E-state index contributed by atoms with van der Waals surface area (Å²) >= 11 is 0. The van der Waals surface area contributed by atoms with Gasteiger partial charge < -0.3 is 48.8 Å². The Kier molecular flexibility index (Phi) is 23.4. The number of benzene rings is 3. The molecule has 0 saturated heterocycles. The van der Waals surface area contributed by atoms with Gasteiger partial charge in [-0.05, 0) is 107 Å². The second-order valence-corrected chi connectivity index (χ2v) is 32.4. The van der Waals surface area contributed by atoms with E-state index >= 15 is 0 Å². The Morgan fingerprint density at radius 1 is 0.455 bits per heavy atom. The van der Waals surface area contributed by atoms with Gasteiger partial charge in [0.15, 0.2) is 46.9 Å². The molecule has 29 nitrogen and oxygen atoms in total. The van der Waals surface area contributed by atoms with E-state index < -0.39 is 35.5 Å². The van der Waals surface area contributed by atoms with Crippen molar-refractivity contribution in [1.29, 1.82) is 0 Å². The first-order valence-electron chi connectivity index (χ1n) is 32.3. The Morgan fingerprint density at radius 3 is 0.950 bits per heavy atom. The van der Waals surface area contributed by atoms with E-state index in [9.17, 15) is 54.6 Å². The van der Waals surface area contributed by atoms with Crippen molar-refractivity contribution < 1.29 is 83.7 Å². The maximum absolute atomic E-state index is 12.5. The fraction of sp³-hybridized carbons (Fsp3) is 0.456. The number of anilines is 3. The summed E-state index contributed by atoms with van der Waals surface area (Å²) in [6.45, 7) is 26.3. The van der Waals surface area contributed by atoms with Gasteiger partial charge in [-0.1, -0.05) is 41.5 Å². The molecule has 33 heteroatoms. The number of aliphatic hydroxyl groups is 2. The third kappa shape index (κ3) is 15.6. The third-order valence-corrected chi connectivity index (χ3v) is 21.6. The number of imidazole rings is 3. The van der Waals surface area contributed by atoms with Gasteiger partial charge in [-0.2, -0.15) is 0 Å². The van der Waals surface area contributed by atoms with Crippen LogP contribution < -0.4 is 33.6 Å². The summed E-state index contributed by atoms with van der Waals surface area (Å²) in [5.41, 5.74) is 8.55. The topological polar surface area (TPSA) is 391 Å². The fourth-order valence-corrected chi connectivity index (χ4v) is 16.3. The molecule has 101 heavy (non-hydrogen) atoms. The molecule has 0 radical (unpaired) electrons. The fourth-order valence-electron chi connectivity index (χ4n) is 13.5. The molecule has 3 N–H and O–H groups in total. The average molecular weight is 1440 g/mol. The van der Waals surface area contributed by atoms with Crippen molar-refractivity contribution in [3.63, 3.8) is 0 Å². The molecule has 0 spiro atoms. The molecule has 3 aliphatic heterocycles. The first kappa shape index (κ1) is 78.2. The number of ketones is 3. The van der Waals surface area contributed by atoms with Crippen molar-refractivity contribution in [3.05, 3.63) is 123 Å². The Hall–Kier alpha value is -8.48. The number of Topliss-reactive ketones (excluding diaryl/α,β-unsaturated/α-hetero) is 3. The van der Waals surface area contributed by atoms with Crippen LogP contribution in [0.25, 0.3) is 33.1 Å². The SMILES string of the molecule is CC(=O)OCc1cc2nc3n(c2cc1S(C)(=O)=O)CCN(c1ncc(C(C)=O)c(C)n1)[C@@H]3C(C)C.CC(=O)c1cnc(N2CCn3c(nc4cc(CO)c(S(C)(=O)=O)cc43)[C@@H]2C(C)C)nc1C.CC(=O)c1cnc(N2CCn3c(nc4cc(CO)c(S(C)(=O)=O)cc43)[C@H]2C(C)C)nc1C.[Li+].[OH-]. The molecule has 0 unspecified atom stereocenters. The van der Waals surface area contributed by atoms with E-state index in [1.807, 2.05) is 13.7 Å². The van der Waals surface area contributed by atoms with Crippen LogP contribution in [0.3, 0.4) is 0 Å². The van der Waals surface area contributed by atoms with Crippen LogP contribution in [-0.2, 0) is 78.5 Å². The summed E-state index contributed by atoms with van der Waals surface area (Å²) in [5, 5.41) is 19.4. The van der Waals surface area contributed by atoms with E-state index in [0.29, 0.717) is 130 Å².